The Hall–Kier alpha value is -0.990. The van der Waals surface area contributed by atoms with Crippen LogP contribution in [-0.4, -0.2) is 13.1 Å². The SMILES string of the molecule is CC#CCNCC(C)C#N. The van der Waals surface area contributed by atoms with Gasteiger partial charge in [0.25, 0.3) is 0 Å². The molecule has 0 rings (SSSR count). The molecule has 0 aliphatic carbocycles. The molecule has 0 aliphatic heterocycles. The number of hydrogen-bond donors (Lipinski definition) is 1. The zero-order valence-corrected chi connectivity index (χ0v) is 6.44. The van der Waals surface area contributed by atoms with E-state index in [1.165, 1.54) is 0 Å². The van der Waals surface area contributed by atoms with Crippen molar-refractivity contribution in [1.29, 1.82) is 5.26 Å². The molecule has 1 unspecified atom stereocenters. The fraction of sp³-hybridized carbons (Fsp3) is 0.625. The van der Waals surface area contributed by atoms with Crippen molar-refractivity contribution in [2.24, 2.45) is 5.92 Å². The Balaban J connectivity index is 3.19. The lowest BCUT2D eigenvalue weighted by Gasteiger charge is -1.99. The molecule has 1 atom stereocenters. The lowest BCUT2D eigenvalue weighted by atomic mass is 10.2. The van der Waals surface area contributed by atoms with Gasteiger partial charge in [-0.3, -0.25) is 0 Å². The van der Waals surface area contributed by atoms with E-state index in [-0.39, 0.29) is 5.92 Å². The fourth-order valence-electron chi connectivity index (χ4n) is 0.485. The van der Waals surface area contributed by atoms with Crippen molar-refractivity contribution in [2.75, 3.05) is 13.1 Å². The van der Waals surface area contributed by atoms with Crippen molar-refractivity contribution in [3.63, 3.8) is 0 Å². The Labute approximate surface area is 62.2 Å². The van der Waals surface area contributed by atoms with Crippen LogP contribution in [0.1, 0.15) is 13.8 Å². The summed E-state index contributed by atoms with van der Waals surface area (Å²) in [7, 11) is 0. The quantitative estimate of drug-likeness (QED) is 0.459. The van der Waals surface area contributed by atoms with E-state index in [2.05, 4.69) is 23.2 Å². The van der Waals surface area contributed by atoms with Crippen molar-refractivity contribution in [1.82, 2.24) is 5.32 Å². The van der Waals surface area contributed by atoms with Crippen molar-refractivity contribution < 1.29 is 0 Å². The molecular formula is C8H12N2. The predicted octanol–water partition coefficient (Wildman–Crippen LogP) is 0.759. The average Bonchev–Trinajstić information content (AvgIpc) is 1.98. The van der Waals surface area contributed by atoms with E-state index in [1.807, 2.05) is 6.92 Å². The van der Waals surface area contributed by atoms with E-state index >= 15 is 0 Å². The topological polar surface area (TPSA) is 35.8 Å². The molecule has 0 aromatic rings. The predicted molar refractivity (Wildman–Crippen MR) is 41.1 cm³/mol. The molecular weight excluding hydrogens is 124 g/mol. The Bertz CT molecular complexity index is 168. The largest absolute Gasteiger partial charge is 0.305 e. The molecule has 0 saturated carbocycles. The van der Waals surface area contributed by atoms with Crippen LogP contribution in [-0.2, 0) is 0 Å². The highest BCUT2D eigenvalue weighted by Gasteiger charge is 1.94. The smallest absolute Gasteiger partial charge is 0.0666 e. The summed E-state index contributed by atoms with van der Waals surface area (Å²) < 4.78 is 0. The Morgan fingerprint density at radius 2 is 2.30 bits per heavy atom. The summed E-state index contributed by atoms with van der Waals surface area (Å²) >= 11 is 0. The van der Waals surface area contributed by atoms with Crippen LogP contribution in [0, 0.1) is 29.1 Å². The maximum absolute atomic E-state index is 8.37. The molecule has 10 heavy (non-hydrogen) atoms. The molecule has 0 aromatic carbocycles. The van der Waals surface area contributed by atoms with Crippen molar-refractivity contribution in [3.8, 4) is 17.9 Å². The Morgan fingerprint density at radius 3 is 2.80 bits per heavy atom. The molecule has 2 nitrogen and oxygen atoms in total. The second-order valence-electron chi connectivity index (χ2n) is 2.09. The van der Waals surface area contributed by atoms with Crippen LogP contribution in [0.15, 0.2) is 0 Å². The number of nitriles is 1. The van der Waals surface area contributed by atoms with E-state index in [1.54, 1.807) is 6.92 Å². The lowest BCUT2D eigenvalue weighted by Crippen LogP contribution is -2.20. The van der Waals surface area contributed by atoms with E-state index in [0.29, 0.717) is 6.54 Å². The summed E-state index contributed by atoms with van der Waals surface area (Å²) in [6.45, 7) is 5.09. The molecule has 0 radical (unpaired) electrons. The molecule has 54 valence electrons. The van der Waals surface area contributed by atoms with Crippen LogP contribution in [0.3, 0.4) is 0 Å². The molecule has 0 heterocycles. The molecule has 0 spiro atoms. The second-order valence-corrected chi connectivity index (χ2v) is 2.09. The standard InChI is InChI=1S/C8H12N2/c1-3-4-5-10-7-8(2)6-9/h8,10H,5,7H2,1-2H3. The van der Waals surface area contributed by atoms with Crippen LogP contribution in [0.25, 0.3) is 0 Å². The highest BCUT2D eigenvalue weighted by atomic mass is 14.8. The van der Waals surface area contributed by atoms with Crippen molar-refractivity contribution in [3.05, 3.63) is 0 Å². The number of hydrogen-bond acceptors (Lipinski definition) is 2. The van der Waals surface area contributed by atoms with Gasteiger partial charge in [-0.25, -0.2) is 0 Å². The monoisotopic (exact) mass is 136 g/mol. The Kier molecular flexibility index (Phi) is 5.53. The first kappa shape index (κ1) is 9.01. The van der Waals surface area contributed by atoms with Gasteiger partial charge < -0.3 is 5.32 Å². The Morgan fingerprint density at radius 1 is 1.60 bits per heavy atom. The van der Waals surface area contributed by atoms with Gasteiger partial charge >= 0.3 is 0 Å². The summed E-state index contributed by atoms with van der Waals surface area (Å²) in [6, 6.07) is 2.13. The van der Waals surface area contributed by atoms with Gasteiger partial charge in [0.2, 0.25) is 0 Å². The summed E-state index contributed by atoms with van der Waals surface area (Å²) in [6.07, 6.45) is 0. The number of nitrogens with zero attached hydrogens (tertiary/aromatic N) is 1. The maximum atomic E-state index is 8.37. The van der Waals surface area contributed by atoms with Crippen LogP contribution in [0.4, 0.5) is 0 Å². The van der Waals surface area contributed by atoms with Crippen LogP contribution >= 0.6 is 0 Å². The highest BCUT2D eigenvalue weighted by molar-refractivity contribution is 4.97. The van der Waals surface area contributed by atoms with Gasteiger partial charge in [-0.15, -0.1) is 5.92 Å². The van der Waals surface area contributed by atoms with E-state index in [9.17, 15) is 0 Å². The molecule has 0 aromatic heterocycles. The fourth-order valence-corrected chi connectivity index (χ4v) is 0.485. The van der Waals surface area contributed by atoms with Crippen LogP contribution < -0.4 is 5.32 Å². The minimum atomic E-state index is 0.0821. The van der Waals surface area contributed by atoms with Gasteiger partial charge in [-0.05, 0) is 13.8 Å². The molecule has 2 heteroatoms. The lowest BCUT2D eigenvalue weighted by molar-refractivity contribution is 0.640. The summed E-state index contributed by atoms with van der Waals surface area (Å²) in [5.74, 6) is 5.70. The van der Waals surface area contributed by atoms with Crippen LogP contribution in [0.2, 0.25) is 0 Å². The molecule has 0 fully saturated rings. The minimum Gasteiger partial charge on any atom is -0.305 e. The zero-order chi connectivity index (χ0) is 7.82. The molecule has 0 saturated heterocycles. The summed E-state index contributed by atoms with van der Waals surface area (Å²) in [5, 5.41) is 11.4. The third-order valence-corrected chi connectivity index (χ3v) is 1.06. The van der Waals surface area contributed by atoms with Crippen LogP contribution in [0.5, 0.6) is 0 Å². The van der Waals surface area contributed by atoms with E-state index in [4.69, 9.17) is 5.26 Å². The number of nitrogens with one attached hydrogen (secondary N) is 1. The van der Waals surface area contributed by atoms with Gasteiger partial charge in [-0.2, -0.15) is 5.26 Å². The summed E-state index contributed by atoms with van der Waals surface area (Å²) in [4.78, 5) is 0. The molecule has 0 bridgehead atoms. The van der Waals surface area contributed by atoms with Gasteiger partial charge in [0.05, 0.1) is 18.5 Å². The van der Waals surface area contributed by atoms with Gasteiger partial charge in [-0.1, -0.05) is 5.92 Å². The second kappa shape index (κ2) is 6.13. The van der Waals surface area contributed by atoms with E-state index < -0.39 is 0 Å². The zero-order valence-electron chi connectivity index (χ0n) is 6.44. The maximum Gasteiger partial charge on any atom is 0.0666 e. The van der Waals surface area contributed by atoms with Crippen molar-refractivity contribution >= 4 is 0 Å². The third-order valence-electron chi connectivity index (χ3n) is 1.06. The first-order chi connectivity index (χ1) is 4.81. The first-order valence-corrected chi connectivity index (χ1v) is 3.31. The molecule has 0 amide bonds. The van der Waals surface area contributed by atoms with Gasteiger partial charge in [0.15, 0.2) is 0 Å². The molecule has 1 N–H and O–H groups in total. The number of rotatable bonds is 3. The average molecular weight is 136 g/mol. The van der Waals surface area contributed by atoms with Gasteiger partial charge in [0.1, 0.15) is 0 Å². The van der Waals surface area contributed by atoms with Crippen molar-refractivity contribution in [2.45, 2.75) is 13.8 Å². The first-order valence-electron chi connectivity index (χ1n) is 3.31. The van der Waals surface area contributed by atoms with E-state index in [0.717, 1.165) is 6.54 Å². The minimum absolute atomic E-state index is 0.0821. The highest BCUT2D eigenvalue weighted by Crippen LogP contribution is 1.85. The normalized spacial score (nSPS) is 10.9. The molecule has 0 aliphatic rings. The summed E-state index contributed by atoms with van der Waals surface area (Å²) in [5.41, 5.74) is 0. The van der Waals surface area contributed by atoms with Gasteiger partial charge in [0, 0.05) is 6.54 Å². The third kappa shape index (κ3) is 5.15.